The van der Waals surface area contributed by atoms with Gasteiger partial charge in [-0.15, -0.1) is 0 Å². The van der Waals surface area contributed by atoms with Gasteiger partial charge in [0.05, 0.1) is 12.4 Å². The van der Waals surface area contributed by atoms with Gasteiger partial charge in [0, 0.05) is 7.05 Å². The zero-order valence-electron chi connectivity index (χ0n) is 7.55. The van der Waals surface area contributed by atoms with E-state index in [2.05, 4.69) is 20.1 Å². The number of hydrogen-bond donors (Lipinski definition) is 0. The molecule has 2 aromatic heterocycles. The molecule has 0 spiro atoms. The van der Waals surface area contributed by atoms with Crippen LogP contribution in [0.3, 0.4) is 0 Å². The Balaban J connectivity index is 2.24. The highest BCUT2D eigenvalue weighted by Crippen LogP contribution is 2.18. The molecule has 0 saturated carbocycles. The summed E-state index contributed by atoms with van der Waals surface area (Å²) in [4.78, 5) is 11.1. The first-order valence-electron chi connectivity index (χ1n) is 3.87. The van der Waals surface area contributed by atoms with E-state index in [1.807, 2.05) is 0 Å². The number of aromatic nitrogens is 5. The summed E-state index contributed by atoms with van der Waals surface area (Å²) in [7, 11) is 1.76. The van der Waals surface area contributed by atoms with Crippen LogP contribution in [0.5, 0.6) is 11.8 Å². The molecule has 0 unspecified atom stereocenters. The van der Waals surface area contributed by atoms with Gasteiger partial charge < -0.3 is 4.74 Å². The second-order valence-corrected chi connectivity index (χ2v) is 3.28. The molecule has 6 nitrogen and oxygen atoms in total. The second kappa shape index (κ2) is 4.00. The third kappa shape index (κ3) is 2.54. The fourth-order valence-electron chi connectivity index (χ4n) is 0.912. The van der Waals surface area contributed by atoms with E-state index in [1.54, 1.807) is 17.9 Å². The predicted molar refractivity (Wildman–Crippen MR) is 53.1 cm³/mol. The summed E-state index contributed by atoms with van der Waals surface area (Å²) >= 11 is 11.1. The van der Waals surface area contributed by atoms with Crippen LogP contribution in [-0.4, -0.2) is 24.7 Å². The molecule has 0 bridgehead atoms. The minimum absolute atomic E-state index is 0.0195. The Morgan fingerprint density at radius 2 is 1.87 bits per heavy atom. The molecule has 2 aromatic rings. The molecule has 0 atom stereocenters. The highest BCUT2D eigenvalue weighted by atomic mass is 35.5. The number of nitrogens with zero attached hydrogens (tertiary/aromatic N) is 5. The molecule has 0 radical (unpaired) electrons. The fraction of sp³-hybridized carbons (Fsp3) is 0.143. The van der Waals surface area contributed by atoms with E-state index in [0.717, 1.165) is 0 Å². The Kier molecular flexibility index (Phi) is 2.70. The Morgan fingerprint density at radius 1 is 1.20 bits per heavy atom. The number of hydrogen-bond acceptors (Lipinski definition) is 5. The molecule has 15 heavy (non-hydrogen) atoms. The number of aryl methyl sites for hydroxylation is 1. The molecule has 78 valence electrons. The van der Waals surface area contributed by atoms with Gasteiger partial charge in [-0.05, 0) is 23.2 Å². The molecule has 2 heterocycles. The first-order chi connectivity index (χ1) is 7.13. The highest BCUT2D eigenvalue weighted by molar-refractivity contribution is 6.31. The maximum atomic E-state index is 5.57. The van der Waals surface area contributed by atoms with Gasteiger partial charge in [0.25, 0.3) is 0 Å². The SMILES string of the molecule is Cn1cc(Oc2nc(Cl)nc(Cl)n2)cn1. The molecule has 0 aliphatic carbocycles. The van der Waals surface area contributed by atoms with E-state index in [0.29, 0.717) is 5.75 Å². The lowest BCUT2D eigenvalue weighted by molar-refractivity contribution is 0.439. The molecule has 0 saturated heterocycles. The first-order valence-corrected chi connectivity index (χ1v) is 4.62. The maximum Gasteiger partial charge on any atom is 0.327 e. The van der Waals surface area contributed by atoms with Crippen molar-refractivity contribution >= 4 is 23.2 Å². The quantitative estimate of drug-likeness (QED) is 0.806. The summed E-state index contributed by atoms with van der Waals surface area (Å²) in [5, 5.41) is 3.87. The lowest BCUT2D eigenvalue weighted by atomic mass is 10.6. The summed E-state index contributed by atoms with van der Waals surface area (Å²) in [6, 6.07) is 0.0352. The van der Waals surface area contributed by atoms with Crippen LogP contribution in [0, 0.1) is 0 Å². The molecule has 0 amide bonds. The van der Waals surface area contributed by atoms with Gasteiger partial charge >= 0.3 is 6.01 Å². The molecule has 2 rings (SSSR count). The summed E-state index contributed by atoms with van der Waals surface area (Å²) in [5.74, 6) is 0.496. The van der Waals surface area contributed by atoms with Crippen molar-refractivity contribution < 1.29 is 4.74 Å². The van der Waals surface area contributed by atoms with E-state index in [1.165, 1.54) is 6.20 Å². The predicted octanol–water partition coefficient (Wildman–Crippen LogP) is 1.70. The van der Waals surface area contributed by atoms with E-state index in [-0.39, 0.29) is 16.6 Å². The van der Waals surface area contributed by atoms with Crippen molar-refractivity contribution in [2.45, 2.75) is 0 Å². The van der Waals surface area contributed by atoms with Gasteiger partial charge in [-0.3, -0.25) is 4.68 Å². The van der Waals surface area contributed by atoms with E-state index in [9.17, 15) is 0 Å². The van der Waals surface area contributed by atoms with Crippen molar-refractivity contribution in [1.82, 2.24) is 24.7 Å². The van der Waals surface area contributed by atoms with Crippen molar-refractivity contribution in [3.05, 3.63) is 23.0 Å². The zero-order chi connectivity index (χ0) is 10.8. The van der Waals surface area contributed by atoms with Gasteiger partial charge in [-0.2, -0.15) is 20.1 Å². The van der Waals surface area contributed by atoms with Crippen LogP contribution in [0.4, 0.5) is 0 Å². The Morgan fingerprint density at radius 3 is 2.40 bits per heavy atom. The number of ether oxygens (including phenoxy) is 1. The minimum atomic E-state index is -0.0195. The Hall–Kier alpha value is -1.40. The lowest BCUT2D eigenvalue weighted by Crippen LogP contribution is -1.94. The largest absolute Gasteiger partial charge is 0.421 e. The molecule has 0 aliphatic rings. The van der Waals surface area contributed by atoms with Crippen LogP contribution >= 0.6 is 23.2 Å². The molecule has 8 heteroatoms. The van der Waals surface area contributed by atoms with Gasteiger partial charge in [0.15, 0.2) is 5.75 Å². The van der Waals surface area contributed by atoms with E-state index < -0.39 is 0 Å². The summed E-state index contributed by atoms with van der Waals surface area (Å²) in [6.45, 7) is 0. The minimum Gasteiger partial charge on any atom is -0.421 e. The number of halogens is 2. The smallest absolute Gasteiger partial charge is 0.327 e. The van der Waals surface area contributed by atoms with Gasteiger partial charge in [0.2, 0.25) is 10.6 Å². The standard InChI is InChI=1S/C7H5Cl2N5O/c1-14-3-4(2-10-14)15-7-12-5(8)11-6(9)13-7/h2-3H,1H3. The summed E-state index contributed by atoms with van der Waals surface area (Å²) in [6.07, 6.45) is 3.18. The van der Waals surface area contributed by atoms with Gasteiger partial charge in [-0.1, -0.05) is 0 Å². The topological polar surface area (TPSA) is 65.7 Å². The van der Waals surface area contributed by atoms with Crippen LogP contribution in [0.1, 0.15) is 0 Å². The van der Waals surface area contributed by atoms with Crippen LogP contribution in [0.15, 0.2) is 12.4 Å². The molecular formula is C7H5Cl2N5O. The molecule has 0 N–H and O–H groups in total. The fourth-order valence-corrected chi connectivity index (χ4v) is 1.26. The number of rotatable bonds is 2. The van der Waals surface area contributed by atoms with E-state index >= 15 is 0 Å². The highest BCUT2D eigenvalue weighted by Gasteiger charge is 2.06. The van der Waals surface area contributed by atoms with Crippen LogP contribution in [-0.2, 0) is 7.05 Å². The Labute approximate surface area is 94.8 Å². The van der Waals surface area contributed by atoms with Crippen molar-refractivity contribution in [2.24, 2.45) is 7.05 Å². The Bertz CT molecular complexity index is 466. The second-order valence-electron chi connectivity index (χ2n) is 2.61. The lowest BCUT2D eigenvalue weighted by Gasteiger charge is -1.99. The van der Waals surface area contributed by atoms with E-state index in [4.69, 9.17) is 27.9 Å². The third-order valence-corrected chi connectivity index (χ3v) is 1.79. The van der Waals surface area contributed by atoms with Crippen LogP contribution in [0.2, 0.25) is 10.6 Å². The summed E-state index contributed by atoms with van der Waals surface area (Å²) in [5.41, 5.74) is 0. The van der Waals surface area contributed by atoms with Crippen molar-refractivity contribution in [2.75, 3.05) is 0 Å². The first kappa shape index (κ1) is 10.1. The van der Waals surface area contributed by atoms with Gasteiger partial charge in [0.1, 0.15) is 0 Å². The monoisotopic (exact) mass is 245 g/mol. The van der Waals surface area contributed by atoms with Crippen molar-refractivity contribution in [3.8, 4) is 11.8 Å². The molecular weight excluding hydrogens is 241 g/mol. The van der Waals surface area contributed by atoms with Crippen LogP contribution in [0.25, 0.3) is 0 Å². The molecule has 0 aromatic carbocycles. The van der Waals surface area contributed by atoms with Gasteiger partial charge in [-0.25, -0.2) is 0 Å². The zero-order valence-corrected chi connectivity index (χ0v) is 9.07. The average Bonchev–Trinajstić information content (AvgIpc) is 2.49. The van der Waals surface area contributed by atoms with Crippen molar-refractivity contribution in [3.63, 3.8) is 0 Å². The molecule has 0 fully saturated rings. The third-order valence-electron chi connectivity index (χ3n) is 1.45. The van der Waals surface area contributed by atoms with Crippen molar-refractivity contribution in [1.29, 1.82) is 0 Å². The van der Waals surface area contributed by atoms with Crippen LogP contribution < -0.4 is 4.74 Å². The normalized spacial score (nSPS) is 10.3. The molecule has 0 aliphatic heterocycles. The maximum absolute atomic E-state index is 5.57. The summed E-state index contributed by atoms with van der Waals surface area (Å²) < 4.78 is 6.83. The average molecular weight is 246 g/mol.